The van der Waals surface area contributed by atoms with Gasteiger partial charge in [-0.1, -0.05) is 35.9 Å². The summed E-state index contributed by atoms with van der Waals surface area (Å²) < 4.78 is 1.94. The van der Waals surface area contributed by atoms with Crippen molar-refractivity contribution in [3.8, 4) is 16.8 Å². The van der Waals surface area contributed by atoms with Crippen molar-refractivity contribution in [2.75, 3.05) is 0 Å². The minimum Gasteiger partial charge on any atom is -0.240 e. The number of aromatic nitrogens is 2. The molecule has 0 amide bonds. The maximum absolute atomic E-state index is 4.48. The Labute approximate surface area is 119 Å². The van der Waals surface area contributed by atoms with Crippen LogP contribution in [-0.4, -0.2) is 9.78 Å². The number of nitrogens with zero attached hydrogens (tertiary/aromatic N) is 2. The van der Waals surface area contributed by atoms with Gasteiger partial charge < -0.3 is 0 Å². The lowest BCUT2D eigenvalue weighted by Gasteiger charge is -2.04. The summed E-state index contributed by atoms with van der Waals surface area (Å²) in [6.07, 6.45) is 4.00. The van der Waals surface area contributed by atoms with E-state index in [1.165, 1.54) is 22.3 Å². The van der Waals surface area contributed by atoms with E-state index in [1.54, 1.807) is 0 Å². The fourth-order valence-electron chi connectivity index (χ4n) is 2.44. The SMILES string of the molecule is Cc1ccc(-c2cnn(-c3cc(C)cc(C)c3)c2)cc1. The molecule has 3 aromatic rings. The van der Waals surface area contributed by atoms with Crippen molar-refractivity contribution >= 4 is 0 Å². The van der Waals surface area contributed by atoms with E-state index in [0.717, 1.165) is 11.3 Å². The summed E-state index contributed by atoms with van der Waals surface area (Å²) in [5.41, 5.74) is 7.24. The molecule has 2 heteroatoms. The van der Waals surface area contributed by atoms with Crippen molar-refractivity contribution < 1.29 is 0 Å². The highest BCUT2D eigenvalue weighted by Crippen LogP contribution is 2.21. The monoisotopic (exact) mass is 262 g/mol. The van der Waals surface area contributed by atoms with Crippen LogP contribution in [0.3, 0.4) is 0 Å². The standard InChI is InChI=1S/C18H18N2/c1-13-4-6-16(7-5-13)17-11-19-20(12-17)18-9-14(2)8-15(3)10-18/h4-12H,1-3H3. The van der Waals surface area contributed by atoms with Gasteiger partial charge in [0, 0.05) is 11.8 Å². The molecule has 0 saturated heterocycles. The average molecular weight is 262 g/mol. The molecule has 3 rings (SSSR count). The van der Waals surface area contributed by atoms with Gasteiger partial charge in [0.2, 0.25) is 0 Å². The lowest BCUT2D eigenvalue weighted by atomic mass is 10.1. The van der Waals surface area contributed by atoms with Crippen LogP contribution >= 0.6 is 0 Å². The summed E-state index contributed by atoms with van der Waals surface area (Å²) in [4.78, 5) is 0. The molecular weight excluding hydrogens is 244 g/mol. The highest BCUT2D eigenvalue weighted by molar-refractivity contribution is 5.62. The predicted octanol–water partition coefficient (Wildman–Crippen LogP) is 4.46. The second kappa shape index (κ2) is 4.97. The molecule has 0 aliphatic rings. The van der Waals surface area contributed by atoms with Gasteiger partial charge in [-0.15, -0.1) is 0 Å². The first-order valence-electron chi connectivity index (χ1n) is 6.82. The smallest absolute Gasteiger partial charge is 0.0651 e. The molecule has 0 unspecified atom stereocenters. The Balaban J connectivity index is 1.99. The first-order chi connectivity index (χ1) is 9.61. The Bertz CT molecular complexity index is 716. The molecular formula is C18H18N2. The lowest BCUT2D eigenvalue weighted by Crippen LogP contribution is -1.95. The van der Waals surface area contributed by atoms with Crippen LogP contribution < -0.4 is 0 Å². The van der Waals surface area contributed by atoms with E-state index in [-0.39, 0.29) is 0 Å². The zero-order valence-corrected chi connectivity index (χ0v) is 12.1. The minimum atomic E-state index is 1.11. The van der Waals surface area contributed by atoms with Crippen molar-refractivity contribution in [1.29, 1.82) is 0 Å². The molecule has 1 aromatic heterocycles. The van der Waals surface area contributed by atoms with E-state index in [4.69, 9.17) is 0 Å². The molecule has 0 saturated carbocycles. The van der Waals surface area contributed by atoms with Gasteiger partial charge in [0.1, 0.15) is 0 Å². The summed E-state index contributed by atoms with van der Waals surface area (Å²) in [7, 11) is 0. The molecule has 2 aromatic carbocycles. The number of aryl methyl sites for hydroxylation is 3. The van der Waals surface area contributed by atoms with Crippen molar-refractivity contribution in [2.45, 2.75) is 20.8 Å². The van der Waals surface area contributed by atoms with Crippen LogP contribution in [0.4, 0.5) is 0 Å². The minimum absolute atomic E-state index is 1.11. The summed E-state index contributed by atoms with van der Waals surface area (Å²) in [5.74, 6) is 0. The largest absolute Gasteiger partial charge is 0.240 e. The fourth-order valence-corrected chi connectivity index (χ4v) is 2.44. The van der Waals surface area contributed by atoms with Gasteiger partial charge in [0.05, 0.1) is 11.9 Å². The van der Waals surface area contributed by atoms with Crippen molar-refractivity contribution in [3.05, 3.63) is 71.5 Å². The maximum Gasteiger partial charge on any atom is 0.0651 e. The van der Waals surface area contributed by atoms with Crippen molar-refractivity contribution in [2.24, 2.45) is 0 Å². The van der Waals surface area contributed by atoms with Crippen LogP contribution in [-0.2, 0) is 0 Å². The molecule has 0 radical (unpaired) electrons. The zero-order chi connectivity index (χ0) is 14.1. The second-order valence-corrected chi connectivity index (χ2v) is 5.39. The first-order valence-corrected chi connectivity index (χ1v) is 6.82. The normalized spacial score (nSPS) is 10.8. The Morgan fingerprint density at radius 1 is 0.750 bits per heavy atom. The van der Waals surface area contributed by atoms with Gasteiger partial charge >= 0.3 is 0 Å². The predicted molar refractivity (Wildman–Crippen MR) is 83.2 cm³/mol. The van der Waals surface area contributed by atoms with Gasteiger partial charge in [-0.2, -0.15) is 5.10 Å². The van der Waals surface area contributed by atoms with Crippen LogP contribution in [0.1, 0.15) is 16.7 Å². The van der Waals surface area contributed by atoms with Gasteiger partial charge in [-0.25, -0.2) is 4.68 Å². The number of rotatable bonds is 2. The molecule has 0 N–H and O–H groups in total. The van der Waals surface area contributed by atoms with Crippen molar-refractivity contribution in [3.63, 3.8) is 0 Å². The third-order valence-electron chi connectivity index (χ3n) is 3.44. The highest BCUT2D eigenvalue weighted by atomic mass is 15.3. The molecule has 0 spiro atoms. The summed E-state index contributed by atoms with van der Waals surface area (Å²) >= 11 is 0. The van der Waals surface area contributed by atoms with E-state index in [0.29, 0.717) is 0 Å². The quantitative estimate of drug-likeness (QED) is 0.666. The molecule has 0 aliphatic carbocycles. The van der Waals surface area contributed by atoms with Gasteiger partial charge in [0.25, 0.3) is 0 Å². The molecule has 0 aliphatic heterocycles. The summed E-state index contributed by atoms with van der Waals surface area (Å²) in [6.45, 7) is 6.32. The molecule has 1 heterocycles. The summed E-state index contributed by atoms with van der Waals surface area (Å²) in [6, 6.07) is 15.0. The van der Waals surface area contributed by atoms with Gasteiger partial charge in [0.15, 0.2) is 0 Å². The first kappa shape index (κ1) is 12.7. The molecule has 0 atom stereocenters. The molecule has 0 bridgehead atoms. The maximum atomic E-state index is 4.48. The van der Waals surface area contributed by atoms with Crippen molar-refractivity contribution in [1.82, 2.24) is 9.78 Å². The Hall–Kier alpha value is -2.35. The third kappa shape index (κ3) is 2.50. The van der Waals surface area contributed by atoms with Crippen LogP contribution in [0.2, 0.25) is 0 Å². The van der Waals surface area contributed by atoms with E-state index in [9.17, 15) is 0 Å². The van der Waals surface area contributed by atoms with Crippen LogP contribution in [0.25, 0.3) is 16.8 Å². The highest BCUT2D eigenvalue weighted by Gasteiger charge is 2.04. The Kier molecular flexibility index (Phi) is 3.15. The topological polar surface area (TPSA) is 17.8 Å². The van der Waals surface area contributed by atoms with Crippen LogP contribution in [0, 0.1) is 20.8 Å². The molecule has 0 fully saturated rings. The lowest BCUT2D eigenvalue weighted by molar-refractivity contribution is 0.878. The fraction of sp³-hybridized carbons (Fsp3) is 0.167. The van der Waals surface area contributed by atoms with E-state index >= 15 is 0 Å². The zero-order valence-electron chi connectivity index (χ0n) is 12.1. The molecule has 2 nitrogen and oxygen atoms in total. The Morgan fingerprint density at radius 2 is 1.40 bits per heavy atom. The van der Waals surface area contributed by atoms with Crippen LogP contribution in [0.15, 0.2) is 54.9 Å². The van der Waals surface area contributed by atoms with E-state index in [1.807, 2.05) is 10.9 Å². The average Bonchev–Trinajstić information content (AvgIpc) is 2.88. The van der Waals surface area contributed by atoms with Gasteiger partial charge in [-0.3, -0.25) is 0 Å². The van der Waals surface area contributed by atoms with E-state index < -0.39 is 0 Å². The number of benzene rings is 2. The third-order valence-corrected chi connectivity index (χ3v) is 3.44. The van der Waals surface area contributed by atoms with Crippen LogP contribution in [0.5, 0.6) is 0 Å². The molecule has 100 valence electrons. The number of hydrogen-bond acceptors (Lipinski definition) is 1. The van der Waals surface area contributed by atoms with E-state index in [2.05, 4.69) is 74.5 Å². The Morgan fingerprint density at radius 3 is 2.05 bits per heavy atom. The molecule has 20 heavy (non-hydrogen) atoms. The summed E-state index contributed by atoms with van der Waals surface area (Å²) in [5, 5.41) is 4.48. The number of hydrogen-bond donors (Lipinski definition) is 0. The van der Waals surface area contributed by atoms with Gasteiger partial charge in [-0.05, 0) is 49.6 Å². The second-order valence-electron chi connectivity index (χ2n) is 5.39.